The molecular formula is C17H21NO4. The van der Waals surface area contributed by atoms with Crippen molar-refractivity contribution in [3.63, 3.8) is 0 Å². The molecular weight excluding hydrogens is 282 g/mol. The number of allylic oxidation sites excluding steroid dienone is 1. The Hall–Kier alpha value is -2.30. The summed E-state index contributed by atoms with van der Waals surface area (Å²) in [7, 11) is 0. The molecule has 1 aliphatic carbocycles. The summed E-state index contributed by atoms with van der Waals surface area (Å²) in [6, 6.07) is 5.42. The fraction of sp³-hybridized carbons (Fsp3) is 0.412. The second-order valence-electron chi connectivity index (χ2n) is 5.46. The van der Waals surface area contributed by atoms with Crippen molar-refractivity contribution in [1.82, 2.24) is 5.32 Å². The van der Waals surface area contributed by atoms with Crippen LogP contribution in [0.4, 0.5) is 0 Å². The zero-order valence-electron chi connectivity index (χ0n) is 12.5. The molecule has 0 unspecified atom stereocenters. The Kier molecular flexibility index (Phi) is 5.58. The summed E-state index contributed by atoms with van der Waals surface area (Å²) in [5.74, 6) is -0.741. The van der Waals surface area contributed by atoms with Crippen molar-refractivity contribution in [3.8, 4) is 5.75 Å². The van der Waals surface area contributed by atoms with E-state index in [1.54, 1.807) is 12.1 Å². The van der Waals surface area contributed by atoms with Crippen LogP contribution >= 0.6 is 0 Å². The van der Waals surface area contributed by atoms with Crippen LogP contribution in [0, 0.1) is 0 Å². The van der Waals surface area contributed by atoms with E-state index in [0.29, 0.717) is 19.4 Å². The molecule has 0 saturated carbocycles. The average molecular weight is 303 g/mol. The highest BCUT2D eigenvalue weighted by molar-refractivity contribution is 5.77. The minimum Gasteiger partial charge on any atom is -0.508 e. The lowest BCUT2D eigenvalue weighted by atomic mass is 9.89. The maximum Gasteiger partial charge on any atom is 0.303 e. The minimum absolute atomic E-state index is 0.0191. The third kappa shape index (κ3) is 4.62. The van der Waals surface area contributed by atoms with Crippen LogP contribution in [-0.4, -0.2) is 28.6 Å². The standard InChI is InChI=1S/C17H21NO4/c19-14-8-7-12-3-1-4-13(15(12)11-14)9-10-18-16(20)5-2-6-17(21)22/h4,7-8,11,19H,1-3,5-6,9-10H2,(H,18,20)(H,21,22). The number of rotatable bonds is 7. The van der Waals surface area contributed by atoms with Crippen LogP contribution in [0.5, 0.6) is 5.75 Å². The van der Waals surface area contributed by atoms with Crippen LogP contribution in [-0.2, 0) is 16.0 Å². The normalized spacial score (nSPS) is 13.2. The summed E-state index contributed by atoms with van der Waals surface area (Å²) in [5, 5.41) is 21.0. The number of nitrogens with one attached hydrogen (secondary N) is 1. The fourth-order valence-corrected chi connectivity index (χ4v) is 2.66. The van der Waals surface area contributed by atoms with Crippen LogP contribution in [0.2, 0.25) is 0 Å². The van der Waals surface area contributed by atoms with Gasteiger partial charge in [0.25, 0.3) is 0 Å². The molecule has 22 heavy (non-hydrogen) atoms. The predicted molar refractivity (Wildman–Crippen MR) is 83.5 cm³/mol. The second kappa shape index (κ2) is 7.64. The Morgan fingerprint density at radius 3 is 2.82 bits per heavy atom. The van der Waals surface area contributed by atoms with Gasteiger partial charge in [-0.05, 0) is 54.5 Å². The molecule has 0 aromatic heterocycles. The number of benzene rings is 1. The third-order valence-corrected chi connectivity index (χ3v) is 3.75. The Morgan fingerprint density at radius 1 is 1.23 bits per heavy atom. The van der Waals surface area contributed by atoms with Crippen LogP contribution in [0.3, 0.4) is 0 Å². The topological polar surface area (TPSA) is 86.6 Å². The maximum absolute atomic E-state index is 11.6. The van der Waals surface area contributed by atoms with Gasteiger partial charge in [-0.15, -0.1) is 0 Å². The molecule has 2 rings (SSSR count). The third-order valence-electron chi connectivity index (χ3n) is 3.75. The largest absolute Gasteiger partial charge is 0.508 e. The van der Waals surface area contributed by atoms with Crippen LogP contribution in [0.25, 0.3) is 5.57 Å². The Morgan fingerprint density at radius 2 is 2.05 bits per heavy atom. The number of aryl methyl sites for hydroxylation is 1. The molecule has 0 saturated heterocycles. The number of carboxylic acid groups (broad SMARTS) is 1. The van der Waals surface area contributed by atoms with Crippen LogP contribution in [0.15, 0.2) is 24.3 Å². The van der Waals surface area contributed by atoms with E-state index < -0.39 is 5.97 Å². The van der Waals surface area contributed by atoms with Gasteiger partial charge in [0.1, 0.15) is 5.75 Å². The van der Waals surface area contributed by atoms with Crippen molar-refractivity contribution in [2.75, 3.05) is 6.54 Å². The number of aliphatic carboxylic acids is 1. The van der Waals surface area contributed by atoms with Crippen molar-refractivity contribution >= 4 is 17.4 Å². The fourth-order valence-electron chi connectivity index (χ4n) is 2.66. The molecule has 0 bridgehead atoms. The molecule has 0 fully saturated rings. The van der Waals surface area contributed by atoms with E-state index in [4.69, 9.17) is 5.11 Å². The number of fused-ring (bicyclic) bond motifs is 1. The zero-order valence-corrected chi connectivity index (χ0v) is 12.5. The SMILES string of the molecule is O=C(O)CCCC(=O)NCCC1=CCCc2ccc(O)cc21. The quantitative estimate of drug-likeness (QED) is 0.722. The van der Waals surface area contributed by atoms with Crippen LogP contribution in [0.1, 0.15) is 43.2 Å². The first-order valence-corrected chi connectivity index (χ1v) is 7.56. The van der Waals surface area contributed by atoms with Gasteiger partial charge >= 0.3 is 5.97 Å². The monoisotopic (exact) mass is 303 g/mol. The lowest BCUT2D eigenvalue weighted by Gasteiger charge is -2.18. The molecule has 1 amide bonds. The summed E-state index contributed by atoms with van der Waals surface area (Å²) in [4.78, 5) is 22.0. The van der Waals surface area contributed by atoms with Gasteiger partial charge in [0.05, 0.1) is 0 Å². The molecule has 1 aromatic carbocycles. The highest BCUT2D eigenvalue weighted by Crippen LogP contribution is 2.31. The molecule has 5 nitrogen and oxygen atoms in total. The van der Waals surface area contributed by atoms with E-state index in [1.807, 2.05) is 6.07 Å². The predicted octanol–water partition coefficient (Wildman–Crippen LogP) is 2.48. The van der Waals surface area contributed by atoms with Gasteiger partial charge in [-0.25, -0.2) is 0 Å². The first kappa shape index (κ1) is 16.1. The van der Waals surface area contributed by atoms with Gasteiger partial charge in [-0.1, -0.05) is 12.1 Å². The molecule has 1 aliphatic rings. The van der Waals surface area contributed by atoms with Crippen molar-refractivity contribution in [2.45, 2.75) is 38.5 Å². The van der Waals surface area contributed by atoms with Gasteiger partial charge in [0.2, 0.25) is 5.91 Å². The van der Waals surface area contributed by atoms with E-state index in [1.165, 1.54) is 5.56 Å². The Balaban J connectivity index is 1.80. The van der Waals surface area contributed by atoms with Gasteiger partial charge in [0.15, 0.2) is 0 Å². The maximum atomic E-state index is 11.6. The van der Waals surface area contributed by atoms with Crippen molar-refractivity contribution in [2.24, 2.45) is 0 Å². The Bertz CT molecular complexity index is 592. The van der Waals surface area contributed by atoms with E-state index in [9.17, 15) is 14.7 Å². The number of carbonyl (C=O) groups is 2. The van der Waals surface area contributed by atoms with Crippen molar-refractivity contribution in [1.29, 1.82) is 0 Å². The van der Waals surface area contributed by atoms with Gasteiger partial charge < -0.3 is 15.5 Å². The molecule has 0 spiro atoms. The Labute approximate surface area is 129 Å². The number of aromatic hydroxyl groups is 1. The molecule has 5 heteroatoms. The van der Waals surface area contributed by atoms with E-state index in [-0.39, 0.29) is 24.5 Å². The molecule has 0 radical (unpaired) electrons. The van der Waals surface area contributed by atoms with Gasteiger partial charge in [-0.2, -0.15) is 0 Å². The van der Waals surface area contributed by atoms with Crippen molar-refractivity contribution < 1.29 is 19.8 Å². The lowest BCUT2D eigenvalue weighted by Crippen LogP contribution is -2.24. The highest BCUT2D eigenvalue weighted by Gasteiger charge is 2.13. The van der Waals surface area contributed by atoms with Gasteiger partial charge in [-0.3, -0.25) is 9.59 Å². The smallest absolute Gasteiger partial charge is 0.303 e. The summed E-state index contributed by atoms with van der Waals surface area (Å²) >= 11 is 0. The number of carboxylic acids is 1. The van der Waals surface area contributed by atoms with E-state index in [2.05, 4.69) is 11.4 Å². The number of amides is 1. The summed E-state index contributed by atoms with van der Waals surface area (Å²) in [5.41, 5.74) is 3.43. The number of hydrogen-bond acceptors (Lipinski definition) is 3. The first-order valence-electron chi connectivity index (χ1n) is 7.56. The molecule has 1 aromatic rings. The minimum atomic E-state index is -0.878. The number of phenolic OH excluding ortho intramolecular Hbond substituents is 1. The van der Waals surface area contributed by atoms with E-state index in [0.717, 1.165) is 24.0 Å². The summed E-state index contributed by atoms with van der Waals surface area (Å²) in [6.45, 7) is 0.521. The number of phenols is 1. The van der Waals surface area contributed by atoms with Gasteiger partial charge in [0, 0.05) is 19.4 Å². The summed E-state index contributed by atoms with van der Waals surface area (Å²) in [6.07, 6.45) is 5.42. The average Bonchev–Trinajstić information content (AvgIpc) is 2.47. The van der Waals surface area contributed by atoms with Crippen LogP contribution < -0.4 is 5.32 Å². The van der Waals surface area contributed by atoms with E-state index >= 15 is 0 Å². The first-order chi connectivity index (χ1) is 10.6. The molecule has 0 heterocycles. The zero-order chi connectivity index (χ0) is 15.9. The van der Waals surface area contributed by atoms with Crippen molar-refractivity contribution in [3.05, 3.63) is 35.4 Å². The number of hydrogen-bond donors (Lipinski definition) is 3. The summed E-state index contributed by atoms with van der Waals surface area (Å²) < 4.78 is 0. The molecule has 3 N–H and O–H groups in total. The second-order valence-corrected chi connectivity index (χ2v) is 5.46. The molecule has 118 valence electrons. The lowest BCUT2D eigenvalue weighted by molar-refractivity contribution is -0.137. The number of carbonyl (C=O) groups excluding carboxylic acids is 1. The highest BCUT2D eigenvalue weighted by atomic mass is 16.4. The molecule has 0 aliphatic heterocycles. The molecule has 0 atom stereocenters.